The van der Waals surface area contributed by atoms with Crippen LogP contribution >= 0.6 is 0 Å². The van der Waals surface area contributed by atoms with Crippen molar-refractivity contribution in [2.75, 3.05) is 0 Å². The molecule has 1 heteroatoms. The van der Waals surface area contributed by atoms with E-state index in [9.17, 15) is 0 Å². The van der Waals surface area contributed by atoms with E-state index in [-0.39, 0.29) is 0 Å². The predicted octanol–water partition coefficient (Wildman–Crippen LogP) is 1.57. The third kappa shape index (κ3) is 0.254. The van der Waals surface area contributed by atoms with Gasteiger partial charge >= 0.3 is 0 Å². The second-order valence-electron chi connectivity index (χ2n) is 4.87. The second kappa shape index (κ2) is 0.911. The number of hydrogen-bond acceptors (Lipinski definition) is 1. The molecule has 4 aliphatic rings. The molecule has 3 aliphatic carbocycles. The summed E-state index contributed by atoms with van der Waals surface area (Å²) in [5.74, 6) is 1.96. The van der Waals surface area contributed by atoms with Crippen molar-refractivity contribution in [2.24, 2.45) is 17.3 Å². The first kappa shape index (κ1) is 4.76. The van der Waals surface area contributed by atoms with E-state index >= 15 is 0 Å². The number of rotatable bonds is 0. The standard InChI is InChI=1S/C9H12O/c1-5-2-6-3-8(6)4-9(8)7(5)10-9/h5-7H,2-4H2,1H3. The summed E-state index contributed by atoms with van der Waals surface area (Å²) in [6, 6.07) is 0. The van der Waals surface area contributed by atoms with Crippen molar-refractivity contribution < 1.29 is 4.74 Å². The van der Waals surface area contributed by atoms with Crippen LogP contribution in [0.25, 0.3) is 0 Å². The van der Waals surface area contributed by atoms with Gasteiger partial charge in [0.05, 0.1) is 6.10 Å². The average molecular weight is 136 g/mol. The highest BCUT2D eigenvalue weighted by Crippen LogP contribution is 2.89. The number of hydrogen-bond donors (Lipinski definition) is 0. The van der Waals surface area contributed by atoms with Crippen molar-refractivity contribution in [3.05, 3.63) is 0 Å². The molecule has 0 N–H and O–H groups in total. The zero-order chi connectivity index (χ0) is 6.56. The summed E-state index contributed by atoms with van der Waals surface area (Å²) in [7, 11) is 0. The number of ether oxygens (including phenoxy) is 1. The molecule has 4 fully saturated rings. The molecule has 0 radical (unpaired) electrons. The fraction of sp³-hybridized carbons (Fsp3) is 1.00. The third-order valence-electron chi connectivity index (χ3n) is 4.44. The molecule has 0 amide bonds. The molecule has 5 unspecified atom stereocenters. The van der Waals surface area contributed by atoms with Crippen LogP contribution < -0.4 is 0 Å². The van der Waals surface area contributed by atoms with Crippen molar-refractivity contribution in [3.8, 4) is 0 Å². The van der Waals surface area contributed by atoms with Crippen LogP contribution in [0.2, 0.25) is 0 Å². The largest absolute Gasteiger partial charge is 0.365 e. The van der Waals surface area contributed by atoms with Gasteiger partial charge in [0.25, 0.3) is 0 Å². The van der Waals surface area contributed by atoms with E-state index in [0.29, 0.717) is 11.7 Å². The lowest BCUT2D eigenvalue weighted by Gasteiger charge is -2.10. The van der Waals surface area contributed by atoms with E-state index < -0.39 is 0 Å². The minimum absolute atomic E-state index is 0.495. The van der Waals surface area contributed by atoms with E-state index in [4.69, 9.17) is 4.74 Å². The van der Waals surface area contributed by atoms with E-state index in [1.54, 1.807) is 0 Å². The van der Waals surface area contributed by atoms with Gasteiger partial charge in [-0.15, -0.1) is 0 Å². The maximum absolute atomic E-state index is 5.80. The lowest BCUT2D eigenvalue weighted by molar-refractivity contribution is 0.317. The normalized spacial score (nSPS) is 80.7. The molecular weight excluding hydrogens is 124 g/mol. The average Bonchev–Trinajstić information content (AvgIpc) is 2.67. The Labute approximate surface area is 60.7 Å². The molecule has 1 saturated heterocycles. The van der Waals surface area contributed by atoms with Crippen molar-refractivity contribution in [3.63, 3.8) is 0 Å². The molecule has 0 aromatic heterocycles. The predicted molar refractivity (Wildman–Crippen MR) is 36.5 cm³/mol. The van der Waals surface area contributed by atoms with Crippen LogP contribution in [0.4, 0.5) is 0 Å². The molecule has 3 saturated carbocycles. The molecule has 1 aliphatic heterocycles. The first-order chi connectivity index (χ1) is 4.79. The summed E-state index contributed by atoms with van der Waals surface area (Å²) >= 11 is 0. The quantitative estimate of drug-likeness (QED) is 0.460. The smallest absolute Gasteiger partial charge is 0.102 e. The molecule has 0 bridgehead atoms. The zero-order valence-corrected chi connectivity index (χ0v) is 6.26. The van der Waals surface area contributed by atoms with E-state index in [0.717, 1.165) is 17.3 Å². The van der Waals surface area contributed by atoms with Gasteiger partial charge in [0.1, 0.15) is 5.60 Å². The summed E-state index contributed by atoms with van der Waals surface area (Å²) in [4.78, 5) is 0. The van der Waals surface area contributed by atoms with Crippen LogP contribution in [-0.4, -0.2) is 11.7 Å². The highest BCUT2D eigenvalue weighted by molar-refractivity contribution is 5.41. The summed E-state index contributed by atoms with van der Waals surface area (Å²) in [6.45, 7) is 2.36. The molecular formula is C9H12O. The maximum atomic E-state index is 5.80. The fourth-order valence-electron chi connectivity index (χ4n) is 3.73. The topological polar surface area (TPSA) is 12.5 Å². The van der Waals surface area contributed by atoms with Gasteiger partial charge in [-0.25, -0.2) is 0 Å². The Kier molecular flexibility index (Phi) is 0.434. The van der Waals surface area contributed by atoms with Crippen LogP contribution in [0.5, 0.6) is 0 Å². The van der Waals surface area contributed by atoms with Crippen molar-refractivity contribution in [1.29, 1.82) is 0 Å². The monoisotopic (exact) mass is 136 g/mol. The van der Waals surface area contributed by atoms with E-state index in [1.807, 2.05) is 0 Å². The Hall–Kier alpha value is -0.0400. The Morgan fingerprint density at radius 2 is 2.40 bits per heavy atom. The van der Waals surface area contributed by atoms with Gasteiger partial charge in [-0.3, -0.25) is 0 Å². The van der Waals surface area contributed by atoms with Gasteiger partial charge in [-0.05, 0) is 31.1 Å². The SMILES string of the molecule is CC1CC2CC23CC32OC12. The lowest BCUT2D eigenvalue weighted by atomic mass is 9.91. The van der Waals surface area contributed by atoms with Crippen LogP contribution in [0.1, 0.15) is 26.2 Å². The fourth-order valence-corrected chi connectivity index (χ4v) is 3.73. The molecule has 1 heterocycles. The molecule has 10 heavy (non-hydrogen) atoms. The molecule has 2 spiro atoms. The summed E-state index contributed by atoms with van der Waals surface area (Å²) in [5.41, 5.74) is 1.28. The molecule has 54 valence electrons. The van der Waals surface area contributed by atoms with Gasteiger partial charge in [0.2, 0.25) is 0 Å². The second-order valence-corrected chi connectivity index (χ2v) is 4.87. The van der Waals surface area contributed by atoms with Gasteiger partial charge < -0.3 is 4.74 Å². The van der Waals surface area contributed by atoms with Crippen molar-refractivity contribution in [1.82, 2.24) is 0 Å². The Balaban J connectivity index is 1.86. The highest BCUT2D eigenvalue weighted by Gasteiger charge is 2.93. The summed E-state index contributed by atoms with van der Waals surface area (Å²) in [5, 5.41) is 0. The molecule has 0 aromatic carbocycles. The highest BCUT2D eigenvalue weighted by atomic mass is 16.6. The van der Waals surface area contributed by atoms with E-state index in [2.05, 4.69) is 6.92 Å². The van der Waals surface area contributed by atoms with Crippen LogP contribution in [0.15, 0.2) is 0 Å². The Morgan fingerprint density at radius 1 is 1.50 bits per heavy atom. The Bertz CT molecular complexity index is 237. The Morgan fingerprint density at radius 3 is 3.30 bits per heavy atom. The van der Waals surface area contributed by atoms with Gasteiger partial charge in [0.15, 0.2) is 0 Å². The first-order valence-electron chi connectivity index (χ1n) is 4.46. The molecule has 5 atom stereocenters. The third-order valence-corrected chi connectivity index (χ3v) is 4.44. The zero-order valence-electron chi connectivity index (χ0n) is 6.26. The van der Waals surface area contributed by atoms with Gasteiger partial charge in [-0.2, -0.15) is 0 Å². The first-order valence-corrected chi connectivity index (χ1v) is 4.46. The van der Waals surface area contributed by atoms with Crippen molar-refractivity contribution in [2.45, 2.75) is 37.9 Å². The molecule has 1 nitrogen and oxygen atoms in total. The van der Waals surface area contributed by atoms with Crippen LogP contribution in [0.3, 0.4) is 0 Å². The lowest BCUT2D eigenvalue weighted by Crippen LogP contribution is -2.15. The van der Waals surface area contributed by atoms with Crippen molar-refractivity contribution >= 4 is 0 Å². The minimum atomic E-state index is 0.495. The number of epoxide rings is 1. The summed E-state index contributed by atoms with van der Waals surface area (Å²) < 4.78 is 5.80. The minimum Gasteiger partial charge on any atom is -0.365 e. The van der Waals surface area contributed by atoms with Gasteiger partial charge in [0, 0.05) is 5.41 Å². The maximum Gasteiger partial charge on any atom is 0.102 e. The molecule has 0 aromatic rings. The van der Waals surface area contributed by atoms with Crippen LogP contribution in [-0.2, 0) is 4.74 Å². The molecule has 4 rings (SSSR count). The van der Waals surface area contributed by atoms with Gasteiger partial charge in [-0.1, -0.05) is 6.92 Å². The van der Waals surface area contributed by atoms with E-state index in [1.165, 1.54) is 19.3 Å². The summed E-state index contributed by atoms with van der Waals surface area (Å²) in [6.07, 6.45) is 5.10. The van der Waals surface area contributed by atoms with Crippen LogP contribution in [0, 0.1) is 17.3 Å².